The van der Waals surface area contributed by atoms with E-state index in [1.54, 1.807) is 0 Å². The second-order valence-electron chi connectivity index (χ2n) is 7.34. The summed E-state index contributed by atoms with van der Waals surface area (Å²) in [6.45, 7) is 4.01. The van der Waals surface area contributed by atoms with Gasteiger partial charge in [-0.25, -0.2) is 4.79 Å². The lowest BCUT2D eigenvalue weighted by Gasteiger charge is -2.35. The van der Waals surface area contributed by atoms with Crippen molar-refractivity contribution in [3.63, 3.8) is 0 Å². The Morgan fingerprint density at radius 1 is 1.23 bits per heavy atom. The average Bonchev–Trinajstić information content (AvgIpc) is 3.26. The molecule has 1 fully saturated rings. The van der Waals surface area contributed by atoms with Crippen molar-refractivity contribution in [3.05, 3.63) is 30.1 Å². The van der Waals surface area contributed by atoms with Gasteiger partial charge in [0.25, 0.3) is 0 Å². The quantitative estimate of drug-likeness (QED) is 0.901. The zero-order chi connectivity index (χ0) is 17.9. The molecule has 1 aromatic carbocycles. The smallest absolute Gasteiger partial charge is 0.322 e. The van der Waals surface area contributed by atoms with Gasteiger partial charge in [-0.15, -0.1) is 10.2 Å². The lowest BCUT2D eigenvalue weighted by molar-refractivity contribution is 0.157. The van der Waals surface area contributed by atoms with Gasteiger partial charge in [0.2, 0.25) is 0 Å². The van der Waals surface area contributed by atoms with Crippen LogP contribution < -0.4 is 5.32 Å². The molecule has 1 atom stereocenters. The molecule has 1 saturated heterocycles. The molecule has 1 N–H and O–H groups in total. The number of aromatic nitrogens is 3. The number of carbonyl (C=O) groups excluding carboxylic acids is 1. The maximum Gasteiger partial charge on any atom is 0.322 e. The molecule has 138 valence electrons. The van der Waals surface area contributed by atoms with E-state index in [9.17, 15) is 4.79 Å². The van der Waals surface area contributed by atoms with Crippen molar-refractivity contribution >= 4 is 11.7 Å². The molecule has 26 heavy (non-hydrogen) atoms. The highest BCUT2D eigenvalue weighted by Crippen LogP contribution is 2.26. The molecule has 4 rings (SSSR count). The van der Waals surface area contributed by atoms with Gasteiger partial charge in [0.05, 0.1) is 0 Å². The van der Waals surface area contributed by atoms with Gasteiger partial charge >= 0.3 is 6.03 Å². The van der Waals surface area contributed by atoms with Gasteiger partial charge in [0.1, 0.15) is 5.82 Å². The summed E-state index contributed by atoms with van der Waals surface area (Å²) >= 11 is 0. The van der Waals surface area contributed by atoms with E-state index in [1.165, 1.54) is 6.42 Å². The fraction of sp³-hybridized carbons (Fsp3) is 0.550. The molecule has 0 unspecified atom stereocenters. The van der Waals surface area contributed by atoms with Crippen LogP contribution in [0.5, 0.6) is 0 Å². The monoisotopic (exact) mass is 353 g/mol. The number of hydrogen-bond donors (Lipinski definition) is 1. The van der Waals surface area contributed by atoms with E-state index in [4.69, 9.17) is 0 Å². The van der Waals surface area contributed by atoms with E-state index in [1.807, 2.05) is 29.2 Å². The Morgan fingerprint density at radius 2 is 2.15 bits per heavy atom. The molecule has 6 heteroatoms. The number of aryl methyl sites for hydroxylation is 1. The van der Waals surface area contributed by atoms with Crippen molar-refractivity contribution in [2.45, 2.75) is 64.5 Å². The molecule has 2 aromatic rings. The molecule has 3 heterocycles. The molecule has 2 amide bonds. The van der Waals surface area contributed by atoms with Crippen molar-refractivity contribution in [1.29, 1.82) is 0 Å². The highest BCUT2D eigenvalue weighted by molar-refractivity contribution is 5.90. The first-order valence-electron chi connectivity index (χ1n) is 9.86. The fourth-order valence-corrected chi connectivity index (χ4v) is 4.20. The third-order valence-electron chi connectivity index (χ3n) is 5.49. The lowest BCUT2D eigenvalue weighted by atomic mass is 9.99. The summed E-state index contributed by atoms with van der Waals surface area (Å²) in [5.74, 6) is 1.96. The minimum absolute atomic E-state index is 0.0202. The van der Waals surface area contributed by atoms with Gasteiger partial charge in [0.15, 0.2) is 5.82 Å². The first kappa shape index (κ1) is 17.1. The van der Waals surface area contributed by atoms with E-state index in [0.717, 1.165) is 74.5 Å². The zero-order valence-corrected chi connectivity index (χ0v) is 15.4. The maximum atomic E-state index is 12.8. The minimum atomic E-state index is 0.0202. The number of benzene rings is 1. The number of likely N-dealkylation sites (tertiary alicyclic amines) is 1. The zero-order valence-electron chi connectivity index (χ0n) is 15.4. The molecule has 2 aliphatic rings. The van der Waals surface area contributed by atoms with Crippen molar-refractivity contribution in [1.82, 2.24) is 19.7 Å². The Morgan fingerprint density at radius 3 is 3.04 bits per heavy atom. The Kier molecular flexibility index (Phi) is 4.91. The minimum Gasteiger partial charge on any atom is -0.322 e. The number of piperidine rings is 1. The van der Waals surface area contributed by atoms with E-state index in [2.05, 4.69) is 27.0 Å². The largest absolute Gasteiger partial charge is 0.322 e. The summed E-state index contributed by atoms with van der Waals surface area (Å²) in [6, 6.07) is 8.35. The van der Waals surface area contributed by atoms with Crippen molar-refractivity contribution in [3.8, 4) is 11.4 Å². The number of nitrogens with one attached hydrogen (secondary N) is 1. The van der Waals surface area contributed by atoms with Gasteiger partial charge in [-0.05, 0) is 44.2 Å². The second kappa shape index (κ2) is 7.48. The van der Waals surface area contributed by atoms with Crippen LogP contribution in [-0.2, 0) is 13.0 Å². The highest BCUT2D eigenvalue weighted by Gasteiger charge is 2.26. The van der Waals surface area contributed by atoms with Gasteiger partial charge < -0.3 is 14.8 Å². The van der Waals surface area contributed by atoms with Crippen LogP contribution >= 0.6 is 0 Å². The van der Waals surface area contributed by atoms with Gasteiger partial charge in [-0.3, -0.25) is 0 Å². The van der Waals surface area contributed by atoms with Crippen LogP contribution in [-0.4, -0.2) is 38.3 Å². The van der Waals surface area contributed by atoms with Crippen LogP contribution in [0.3, 0.4) is 0 Å². The number of fused-ring (bicyclic) bond motifs is 1. The number of carbonyl (C=O) groups is 1. The summed E-state index contributed by atoms with van der Waals surface area (Å²) in [4.78, 5) is 14.8. The Hall–Kier alpha value is -2.37. The van der Waals surface area contributed by atoms with Crippen LogP contribution in [0.15, 0.2) is 24.3 Å². The molecule has 0 saturated carbocycles. The Labute approximate surface area is 154 Å². The molecule has 0 spiro atoms. The topological polar surface area (TPSA) is 63.1 Å². The van der Waals surface area contributed by atoms with Gasteiger partial charge in [0, 0.05) is 36.8 Å². The van der Waals surface area contributed by atoms with Crippen LogP contribution in [0.25, 0.3) is 11.4 Å². The standard InChI is InChI=1S/C20H27N5O/c1-2-7-17-10-3-4-12-24(17)20(26)21-16-9-5-8-15(14-16)19-23-22-18-11-6-13-25(18)19/h5,8-9,14,17H,2-4,6-7,10-13H2,1H3,(H,21,26)/t17-/m1/s1. The molecule has 0 aliphatic carbocycles. The summed E-state index contributed by atoms with van der Waals surface area (Å²) < 4.78 is 2.18. The van der Waals surface area contributed by atoms with E-state index in [0.29, 0.717) is 6.04 Å². The number of urea groups is 1. The van der Waals surface area contributed by atoms with Crippen LogP contribution in [0.4, 0.5) is 10.5 Å². The van der Waals surface area contributed by atoms with Crippen molar-refractivity contribution in [2.75, 3.05) is 11.9 Å². The van der Waals surface area contributed by atoms with E-state index in [-0.39, 0.29) is 6.03 Å². The summed E-state index contributed by atoms with van der Waals surface area (Å²) in [6.07, 6.45) is 7.76. The predicted octanol–water partition coefficient (Wildman–Crippen LogP) is 4.08. The third-order valence-corrected chi connectivity index (χ3v) is 5.49. The summed E-state index contributed by atoms with van der Waals surface area (Å²) in [5, 5.41) is 11.7. The Balaban J connectivity index is 1.50. The van der Waals surface area contributed by atoms with Crippen molar-refractivity contribution in [2.24, 2.45) is 0 Å². The number of amides is 2. The first-order chi connectivity index (χ1) is 12.8. The number of anilines is 1. The first-order valence-corrected chi connectivity index (χ1v) is 9.86. The van der Waals surface area contributed by atoms with Gasteiger partial charge in [-0.1, -0.05) is 25.5 Å². The Bertz CT molecular complexity index is 782. The average molecular weight is 353 g/mol. The van der Waals surface area contributed by atoms with Crippen LogP contribution in [0.1, 0.15) is 51.3 Å². The summed E-state index contributed by atoms with van der Waals surface area (Å²) in [7, 11) is 0. The normalized spacial score (nSPS) is 19.4. The maximum absolute atomic E-state index is 12.8. The second-order valence-corrected chi connectivity index (χ2v) is 7.34. The SMILES string of the molecule is CCC[C@@H]1CCCCN1C(=O)Nc1cccc(-c2nnc3n2CCC3)c1. The fourth-order valence-electron chi connectivity index (χ4n) is 4.20. The predicted molar refractivity (Wildman–Crippen MR) is 102 cm³/mol. The number of rotatable bonds is 4. The molecular weight excluding hydrogens is 326 g/mol. The highest BCUT2D eigenvalue weighted by atomic mass is 16.2. The molecular formula is C20H27N5O. The molecule has 2 aliphatic heterocycles. The van der Waals surface area contributed by atoms with E-state index < -0.39 is 0 Å². The van der Waals surface area contributed by atoms with Crippen LogP contribution in [0, 0.1) is 0 Å². The molecule has 1 aromatic heterocycles. The third kappa shape index (κ3) is 3.32. The lowest BCUT2D eigenvalue weighted by Crippen LogP contribution is -2.45. The molecule has 0 bridgehead atoms. The number of nitrogens with zero attached hydrogens (tertiary/aromatic N) is 4. The molecule has 6 nitrogen and oxygen atoms in total. The van der Waals surface area contributed by atoms with E-state index >= 15 is 0 Å². The number of hydrogen-bond acceptors (Lipinski definition) is 3. The van der Waals surface area contributed by atoms with Crippen molar-refractivity contribution < 1.29 is 4.79 Å². The summed E-state index contributed by atoms with van der Waals surface area (Å²) in [5.41, 5.74) is 1.83. The van der Waals surface area contributed by atoms with Gasteiger partial charge in [-0.2, -0.15) is 0 Å². The molecule has 0 radical (unpaired) electrons. The van der Waals surface area contributed by atoms with Crippen LogP contribution in [0.2, 0.25) is 0 Å².